The zero-order valence-corrected chi connectivity index (χ0v) is 12.1. The standard InChI is InChI=1S/C14H20F2N2O3/c1-11-9-12(4-7-21-14(15)16)13(17-11)3-5-18(2)6-8-20-10-19/h3-4,9-10,14,17H,5-8H2,1-2H3/b12-4-,13-3+. The van der Waals surface area contributed by atoms with E-state index in [9.17, 15) is 13.6 Å². The molecular weight excluding hydrogens is 282 g/mol. The maximum Gasteiger partial charge on any atom is 0.345 e. The number of nitrogens with zero attached hydrogens (tertiary/aromatic N) is 1. The molecule has 0 spiro atoms. The highest BCUT2D eigenvalue weighted by atomic mass is 19.3. The van der Waals surface area contributed by atoms with Crippen LogP contribution in [0.3, 0.4) is 0 Å². The summed E-state index contributed by atoms with van der Waals surface area (Å²) in [4.78, 5) is 15.2. The third kappa shape index (κ3) is 7.01. The minimum atomic E-state index is -2.77. The average molecular weight is 302 g/mol. The Morgan fingerprint density at radius 3 is 2.86 bits per heavy atom. The van der Waals surface area contributed by atoms with E-state index in [2.05, 4.69) is 14.5 Å². The largest absolute Gasteiger partial charge is 0.467 e. The number of aromatic amines is 1. The number of aryl methyl sites for hydroxylation is 1. The molecule has 0 amide bonds. The molecule has 0 atom stereocenters. The van der Waals surface area contributed by atoms with Crippen molar-refractivity contribution in [1.29, 1.82) is 0 Å². The first kappa shape index (κ1) is 17.3. The summed E-state index contributed by atoms with van der Waals surface area (Å²) in [5.74, 6) is 0. The molecule has 21 heavy (non-hydrogen) atoms. The Bertz CT molecular complexity index is 543. The van der Waals surface area contributed by atoms with Crippen molar-refractivity contribution in [3.05, 3.63) is 22.3 Å². The Morgan fingerprint density at radius 1 is 1.43 bits per heavy atom. The maximum atomic E-state index is 11.9. The predicted octanol–water partition coefficient (Wildman–Crippen LogP) is 0.228. The van der Waals surface area contributed by atoms with Crippen LogP contribution in [-0.2, 0) is 14.3 Å². The van der Waals surface area contributed by atoms with E-state index in [4.69, 9.17) is 0 Å². The summed E-state index contributed by atoms with van der Waals surface area (Å²) in [5, 5.41) is 1.68. The number of halogens is 2. The number of hydrogen-bond donors (Lipinski definition) is 1. The van der Waals surface area contributed by atoms with E-state index in [0.29, 0.717) is 26.2 Å². The highest BCUT2D eigenvalue weighted by molar-refractivity contribution is 5.36. The molecule has 1 rings (SSSR count). The van der Waals surface area contributed by atoms with E-state index in [1.165, 1.54) is 0 Å². The average Bonchev–Trinajstić information content (AvgIpc) is 2.77. The summed E-state index contributed by atoms with van der Waals surface area (Å²) in [6.07, 6.45) is 3.55. The van der Waals surface area contributed by atoms with E-state index in [-0.39, 0.29) is 6.61 Å². The fourth-order valence-electron chi connectivity index (χ4n) is 1.78. The van der Waals surface area contributed by atoms with Crippen molar-refractivity contribution in [1.82, 2.24) is 9.88 Å². The highest BCUT2D eigenvalue weighted by Gasteiger charge is 1.99. The van der Waals surface area contributed by atoms with E-state index >= 15 is 0 Å². The number of ether oxygens (including phenoxy) is 2. The molecule has 0 aromatic carbocycles. The maximum absolute atomic E-state index is 11.9. The molecule has 1 aromatic heterocycles. The van der Waals surface area contributed by atoms with Gasteiger partial charge in [-0.3, -0.25) is 9.69 Å². The predicted molar refractivity (Wildman–Crippen MR) is 75.2 cm³/mol. The quantitative estimate of drug-likeness (QED) is 0.524. The second-order valence-corrected chi connectivity index (χ2v) is 4.55. The number of nitrogens with one attached hydrogen (secondary N) is 1. The first-order valence-corrected chi connectivity index (χ1v) is 6.52. The number of rotatable bonds is 9. The molecule has 5 nitrogen and oxygen atoms in total. The Kier molecular flexibility index (Phi) is 7.63. The molecule has 0 aliphatic rings. The topological polar surface area (TPSA) is 54.6 Å². The molecule has 1 N–H and O–H groups in total. The lowest BCUT2D eigenvalue weighted by atomic mass is 10.3. The van der Waals surface area contributed by atoms with E-state index in [0.717, 1.165) is 16.3 Å². The van der Waals surface area contributed by atoms with Gasteiger partial charge in [-0.1, -0.05) is 0 Å². The highest BCUT2D eigenvalue weighted by Crippen LogP contribution is 1.93. The van der Waals surface area contributed by atoms with Gasteiger partial charge in [0.25, 0.3) is 6.47 Å². The lowest BCUT2D eigenvalue weighted by Crippen LogP contribution is -2.28. The molecular formula is C14H20F2N2O3. The summed E-state index contributed by atoms with van der Waals surface area (Å²) >= 11 is 0. The Labute approximate surface area is 121 Å². The minimum absolute atomic E-state index is 0.140. The Morgan fingerprint density at radius 2 is 2.19 bits per heavy atom. The van der Waals surface area contributed by atoms with Gasteiger partial charge >= 0.3 is 6.61 Å². The van der Waals surface area contributed by atoms with Crippen LogP contribution in [0.15, 0.2) is 6.07 Å². The summed E-state index contributed by atoms with van der Waals surface area (Å²) < 4.78 is 32.7. The number of carbonyl (C=O) groups excluding carboxylic acids is 1. The number of hydrogen-bond acceptors (Lipinski definition) is 4. The molecule has 118 valence electrons. The van der Waals surface area contributed by atoms with Gasteiger partial charge < -0.3 is 14.5 Å². The van der Waals surface area contributed by atoms with Crippen molar-refractivity contribution in [2.24, 2.45) is 0 Å². The molecule has 0 saturated heterocycles. The summed E-state index contributed by atoms with van der Waals surface area (Å²) in [6, 6.07) is 1.87. The fourth-order valence-corrected chi connectivity index (χ4v) is 1.78. The molecule has 0 saturated carbocycles. The normalized spacial score (nSPS) is 13.4. The van der Waals surface area contributed by atoms with Crippen molar-refractivity contribution in [2.75, 3.05) is 33.4 Å². The van der Waals surface area contributed by atoms with E-state index in [1.54, 1.807) is 6.08 Å². The van der Waals surface area contributed by atoms with Crippen LogP contribution in [0, 0.1) is 6.92 Å². The molecule has 0 aliphatic heterocycles. The van der Waals surface area contributed by atoms with Gasteiger partial charge in [0.1, 0.15) is 6.61 Å². The summed E-state index contributed by atoms with van der Waals surface area (Å²) in [7, 11) is 1.89. The number of alkyl halides is 2. The molecule has 0 fully saturated rings. The molecule has 1 heterocycles. The second kappa shape index (κ2) is 9.25. The van der Waals surface area contributed by atoms with Crippen LogP contribution in [0.25, 0.3) is 12.2 Å². The Balaban J connectivity index is 2.68. The van der Waals surface area contributed by atoms with Gasteiger partial charge in [0, 0.05) is 24.1 Å². The van der Waals surface area contributed by atoms with Gasteiger partial charge in [-0.15, -0.1) is 0 Å². The van der Waals surface area contributed by atoms with E-state index in [1.807, 2.05) is 31.0 Å². The Hall–Kier alpha value is -1.73. The van der Waals surface area contributed by atoms with Crippen LogP contribution in [0.2, 0.25) is 0 Å². The number of H-pyrrole nitrogens is 1. The first-order chi connectivity index (χ1) is 10.0. The fraction of sp³-hybridized carbons (Fsp3) is 0.500. The lowest BCUT2D eigenvalue weighted by Gasteiger charge is -2.12. The van der Waals surface area contributed by atoms with Crippen LogP contribution >= 0.6 is 0 Å². The van der Waals surface area contributed by atoms with Gasteiger partial charge in [-0.05, 0) is 37.4 Å². The molecule has 1 aromatic rings. The van der Waals surface area contributed by atoms with Crippen molar-refractivity contribution in [2.45, 2.75) is 13.5 Å². The number of aromatic nitrogens is 1. The van der Waals surface area contributed by atoms with Crippen LogP contribution in [0.5, 0.6) is 0 Å². The van der Waals surface area contributed by atoms with E-state index < -0.39 is 6.61 Å². The van der Waals surface area contributed by atoms with Crippen molar-refractivity contribution in [3.8, 4) is 0 Å². The van der Waals surface area contributed by atoms with Crippen LogP contribution < -0.4 is 10.6 Å². The molecule has 0 bridgehead atoms. The second-order valence-electron chi connectivity index (χ2n) is 4.55. The van der Waals surface area contributed by atoms with Gasteiger partial charge in [-0.25, -0.2) is 0 Å². The smallest absolute Gasteiger partial charge is 0.345 e. The van der Waals surface area contributed by atoms with Gasteiger partial charge in [0.2, 0.25) is 0 Å². The molecule has 7 heteroatoms. The third-order valence-corrected chi connectivity index (χ3v) is 2.81. The monoisotopic (exact) mass is 302 g/mol. The lowest BCUT2D eigenvalue weighted by molar-refractivity contribution is -0.129. The third-order valence-electron chi connectivity index (χ3n) is 2.81. The SMILES string of the molecule is Cc1cc(=C/COC(F)F)/c(=C\CN(C)CCOC=O)[nH]1. The minimum Gasteiger partial charge on any atom is -0.467 e. The molecule has 0 unspecified atom stereocenters. The zero-order chi connectivity index (χ0) is 15.7. The van der Waals surface area contributed by atoms with Gasteiger partial charge in [-0.2, -0.15) is 8.78 Å². The number of likely N-dealkylation sites (N-methyl/N-ethyl adjacent to an activating group) is 1. The van der Waals surface area contributed by atoms with Crippen LogP contribution in [0.1, 0.15) is 5.69 Å². The summed E-state index contributed by atoms with van der Waals surface area (Å²) in [6.45, 7) is 0.989. The van der Waals surface area contributed by atoms with Crippen molar-refractivity contribution < 1.29 is 23.0 Å². The summed E-state index contributed by atoms with van der Waals surface area (Å²) in [5.41, 5.74) is 0.941. The zero-order valence-electron chi connectivity index (χ0n) is 12.1. The van der Waals surface area contributed by atoms with Crippen molar-refractivity contribution in [3.63, 3.8) is 0 Å². The van der Waals surface area contributed by atoms with Crippen LogP contribution in [-0.4, -0.2) is 56.3 Å². The van der Waals surface area contributed by atoms with Crippen LogP contribution in [0.4, 0.5) is 8.78 Å². The molecule has 0 radical (unpaired) electrons. The number of carbonyl (C=O) groups is 1. The first-order valence-electron chi connectivity index (χ1n) is 6.52. The van der Waals surface area contributed by atoms with Gasteiger partial charge in [0.05, 0.1) is 6.61 Å². The van der Waals surface area contributed by atoms with Gasteiger partial charge in [0.15, 0.2) is 0 Å². The molecule has 0 aliphatic carbocycles. The van der Waals surface area contributed by atoms with Crippen molar-refractivity contribution >= 4 is 18.6 Å².